The standard InChI is InChI=1S/C19H16N4O2S/c1-11-10-26-19-21-12(2)16(23(11)19)9-20-22-18(25)15-7-13-5-3-4-6-14(13)8-17(15)24/h3-10,24H,1-2H3,(H,22,25)/b20-9-. The molecular weight excluding hydrogens is 348 g/mol. The molecule has 4 aromatic rings. The number of rotatable bonds is 3. The number of hydrogen-bond acceptors (Lipinski definition) is 5. The number of nitrogens with one attached hydrogen (secondary N) is 1. The number of nitrogens with zero attached hydrogens (tertiary/aromatic N) is 3. The van der Waals surface area contributed by atoms with Crippen molar-refractivity contribution in [1.29, 1.82) is 0 Å². The van der Waals surface area contributed by atoms with Crippen LogP contribution in [-0.4, -0.2) is 26.6 Å². The van der Waals surface area contributed by atoms with Crippen LogP contribution in [0.3, 0.4) is 0 Å². The van der Waals surface area contributed by atoms with Crippen LogP contribution >= 0.6 is 11.3 Å². The number of thiazole rings is 1. The number of phenolic OH excluding ortho intramolecular Hbond substituents is 1. The van der Waals surface area contributed by atoms with Crippen molar-refractivity contribution in [1.82, 2.24) is 14.8 Å². The minimum absolute atomic E-state index is 0.0759. The zero-order valence-electron chi connectivity index (χ0n) is 14.2. The first kappa shape index (κ1) is 16.3. The lowest BCUT2D eigenvalue weighted by Crippen LogP contribution is -2.18. The van der Waals surface area contributed by atoms with Crippen LogP contribution in [0.2, 0.25) is 0 Å². The highest BCUT2D eigenvalue weighted by molar-refractivity contribution is 7.15. The van der Waals surface area contributed by atoms with E-state index in [1.165, 1.54) is 0 Å². The van der Waals surface area contributed by atoms with Crippen molar-refractivity contribution in [3.8, 4) is 5.75 Å². The van der Waals surface area contributed by atoms with E-state index in [4.69, 9.17) is 0 Å². The Morgan fingerprint density at radius 1 is 1.27 bits per heavy atom. The monoisotopic (exact) mass is 364 g/mol. The number of aromatic hydroxyl groups is 1. The van der Waals surface area contributed by atoms with E-state index in [0.717, 1.165) is 32.8 Å². The van der Waals surface area contributed by atoms with Crippen molar-refractivity contribution in [3.63, 3.8) is 0 Å². The molecule has 1 amide bonds. The molecule has 2 heterocycles. The van der Waals surface area contributed by atoms with Gasteiger partial charge in [-0.3, -0.25) is 9.20 Å². The first-order chi connectivity index (χ1) is 12.5. The predicted molar refractivity (Wildman–Crippen MR) is 103 cm³/mol. The van der Waals surface area contributed by atoms with Gasteiger partial charge in [-0.25, -0.2) is 10.4 Å². The van der Waals surface area contributed by atoms with Crippen molar-refractivity contribution in [2.75, 3.05) is 0 Å². The molecule has 2 aromatic carbocycles. The van der Waals surface area contributed by atoms with Gasteiger partial charge >= 0.3 is 0 Å². The quantitative estimate of drug-likeness (QED) is 0.430. The van der Waals surface area contributed by atoms with Crippen LogP contribution in [0.1, 0.15) is 27.4 Å². The number of carbonyl (C=O) groups is 1. The molecule has 0 fully saturated rings. The van der Waals surface area contributed by atoms with Gasteiger partial charge in [0.15, 0.2) is 4.96 Å². The van der Waals surface area contributed by atoms with Crippen molar-refractivity contribution >= 4 is 39.2 Å². The average molecular weight is 364 g/mol. The number of carbonyl (C=O) groups excluding carboxylic acids is 1. The lowest BCUT2D eigenvalue weighted by atomic mass is 10.1. The van der Waals surface area contributed by atoms with Gasteiger partial charge in [0.25, 0.3) is 5.91 Å². The molecule has 26 heavy (non-hydrogen) atoms. The molecule has 2 N–H and O–H groups in total. The van der Waals surface area contributed by atoms with Crippen LogP contribution in [0.25, 0.3) is 15.7 Å². The molecule has 0 saturated carbocycles. The van der Waals surface area contributed by atoms with Crippen molar-refractivity contribution < 1.29 is 9.90 Å². The molecule has 4 rings (SSSR count). The van der Waals surface area contributed by atoms with Crippen molar-refractivity contribution in [2.45, 2.75) is 13.8 Å². The van der Waals surface area contributed by atoms with Gasteiger partial charge in [0.1, 0.15) is 5.75 Å². The van der Waals surface area contributed by atoms with Crippen molar-refractivity contribution in [3.05, 3.63) is 64.4 Å². The highest BCUT2D eigenvalue weighted by Gasteiger charge is 2.13. The van der Waals surface area contributed by atoms with Crippen LogP contribution in [0.15, 0.2) is 46.9 Å². The molecule has 0 radical (unpaired) electrons. The molecule has 0 aliphatic rings. The molecule has 130 valence electrons. The Balaban J connectivity index is 1.60. The second-order valence-electron chi connectivity index (χ2n) is 5.99. The number of imidazole rings is 1. The zero-order chi connectivity index (χ0) is 18.3. The molecule has 0 atom stereocenters. The third-order valence-electron chi connectivity index (χ3n) is 4.22. The van der Waals surface area contributed by atoms with E-state index in [1.54, 1.807) is 29.7 Å². The summed E-state index contributed by atoms with van der Waals surface area (Å²) < 4.78 is 1.99. The Hall–Kier alpha value is -3.19. The highest BCUT2D eigenvalue weighted by atomic mass is 32.1. The smallest absolute Gasteiger partial charge is 0.275 e. The summed E-state index contributed by atoms with van der Waals surface area (Å²) in [6.07, 6.45) is 1.57. The summed E-state index contributed by atoms with van der Waals surface area (Å²) >= 11 is 1.56. The molecule has 0 spiro atoms. The maximum Gasteiger partial charge on any atom is 0.275 e. The van der Waals surface area contributed by atoms with E-state index in [0.29, 0.717) is 0 Å². The minimum Gasteiger partial charge on any atom is -0.507 e. The molecule has 7 heteroatoms. The van der Waals surface area contributed by atoms with Crippen LogP contribution < -0.4 is 5.43 Å². The Morgan fingerprint density at radius 3 is 2.77 bits per heavy atom. The number of hydrogen-bond donors (Lipinski definition) is 2. The molecular formula is C19H16N4O2S. The number of phenols is 1. The second-order valence-corrected chi connectivity index (χ2v) is 6.83. The largest absolute Gasteiger partial charge is 0.507 e. The Morgan fingerprint density at radius 2 is 2.00 bits per heavy atom. The zero-order valence-corrected chi connectivity index (χ0v) is 15.0. The topological polar surface area (TPSA) is 79.0 Å². The van der Waals surface area contributed by atoms with Gasteiger partial charge in [-0.1, -0.05) is 24.3 Å². The third kappa shape index (κ3) is 2.72. The Labute approximate surface area is 153 Å². The summed E-state index contributed by atoms with van der Waals surface area (Å²) in [6, 6.07) is 10.8. The maximum absolute atomic E-state index is 12.4. The van der Waals surface area contributed by atoms with Gasteiger partial charge < -0.3 is 5.11 Å². The van der Waals surface area contributed by atoms with Gasteiger partial charge in [0, 0.05) is 11.1 Å². The molecule has 0 saturated heterocycles. The number of aromatic nitrogens is 2. The van der Waals surface area contributed by atoms with Crippen LogP contribution in [0, 0.1) is 13.8 Å². The number of benzene rings is 2. The fourth-order valence-electron chi connectivity index (χ4n) is 2.90. The normalized spacial score (nSPS) is 11.6. The van der Waals surface area contributed by atoms with E-state index < -0.39 is 5.91 Å². The molecule has 6 nitrogen and oxygen atoms in total. The average Bonchev–Trinajstić information content (AvgIpc) is 3.13. The SMILES string of the molecule is Cc1nc2scc(C)n2c1/C=N\NC(=O)c1cc2ccccc2cc1O. The second kappa shape index (κ2) is 6.27. The third-order valence-corrected chi connectivity index (χ3v) is 5.16. The van der Waals surface area contributed by atoms with Gasteiger partial charge in [-0.15, -0.1) is 11.3 Å². The number of amides is 1. The minimum atomic E-state index is -0.468. The highest BCUT2D eigenvalue weighted by Crippen LogP contribution is 2.25. The van der Waals surface area contributed by atoms with Gasteiger partial charge in [-0.2, -0.15) is 5.10 Å². The van der Waals surface area contributed by atoms with E-state index in [1.807, 2.05) is 47.9 Å². The van der Waals surface area contributed by atoms with Crippen LogP contribution in [-0.2, 0) is 0 Å². The summed E-state index contributed by atoms with van der Waals surface area (Å²) in [5.74, 6) is -0.544. The van der Waals surface area contributed by atoms with Gasteiger partial charge in [-0.05, 0) is 36.8 Å². The molecule has 0 aliphatic heterocycles. The Bertz CT molecular complexity index is 1170. The van der Waals surface area contributed by atoms with Crippen LogP contribution in [0.5, 0.6) is 5.75 Å². The molecule has 0 bridgehead atoms. The van der Waals surface area contributed by atoms with Crippen molar-refractivity contribution in [2.24, 2.45) is 5.10 Å². The predicted octanol–water partition coefficient (Wildman–Crippen LogP) is 3.64. The van der Waals surface area contributed by atoms with E-state index >= 15 is 0 Å². The number of aryl methyl sites for hydroxylation is 2. The van der Waals surface area contributed by atoms with Gasteiger partial charge in [0.2, 0.25) is 0 Å². The molecule has 0 aliphatic carbocycles. The molecule has 2 aromatic heterocycles. The summed E-state index contributed by atoms with van der Waals surface area (Å²) in [5, 5.41) is 17.9. The Kier molecular flexibility index (Phi) is 3.93. The first-order valence-electron chi connectivity index (χ1n) is 8.03. The van der Waals surface area contributed by atoms with E-state index in [9.17, 15) is 9.90 Å². The van der Waals surface area contributed by atoms with E-state index in [-0.39, 0.29) is 11.3 Å². The lowest BCUT2D eigenvalue weighted by molar-refractivity contribution is 0.0952. The number of fused-ring (bicyclic) bond motifs is 2. The fourth-order valence-corrected chi connectivity index (χ4v) is 3.82. The van der Waals surface area contributed by atoms with E-state index in [2.05, 4.69) is 15.5 Å². The maximum atomic E-state index is 12.4. The molecule has 0 unspecified atom stereocenters. The summed E-state index contributed by atoms with van der Waals surface area (Å²) in [6.45, 7) is 3.89. The number of hydrazone groups is 1. The van der Waals surface area contributed by atoms with Crippen LogP contribution in [0.4, 0.5) is 0 Å². The fraction of sp³-hybridized carbons (Fsp3) is 0.105. The first-order valence-corrected chi connectivity index (χ1v) is 8.91. The van der Waals surface area contributed by atoms with Gasteiger partial charge in [0.05, 0.1) is 23.2 Å². The lowest BCUT2D eigenvalue weighted by Gasteiger charge is -2.05. The summed E-state index contributed by atoms with van der Waals surface area (Å²) in [7, 11) is 0. The summed E-state index contributed by atoms with van der Waals surface area (Å²) in [4.78, 5) is 17.8. The summed E-state index contributed by atoms with van der Waals surface area (Å²) in [5.41, 5.74) is 5.38.